The topological polar surface area (TPSA) is 42.7 Å². The molecular formula is C15H15ClN4. The SMILES string of the molecule is CCC(Nc1ccc(Cl)cc1)n1nnc2ccccc21. The number of hydrogen-bond donors (Lipinski definition) is 1. The van der Waals surface area contributed by atoms with Crippen molar-refractivity contribution < 1.29 is 0 Å². The third kappa shape index (κ3) is 2.47. The van der Waals surface area contributed by atoms with Gasteiger partial charge < -0.3 is 5.32 Å². The third-order valence-corrected chi connectivity index (χ3v) is 3.49. The van der Waals surface area contributed by atoms with Gasteiger partial charge in [-0.1, -0.05) is 35.9 Å². The molecule has 0 fully saturated rings. The molecule has 20 heavy (non-hydrogen) atoms. The fourth-order valence-electron chi connectivity index (χ4n) is 2.19. The number of anilines is 1. The maximum Gasteiger partial charge on any atom is 0.122 e. The number of nitrogens with one attached hydrogen (secondary N) is 1. The maximum absolute atomic E-state index is 5.90. The summed E-state index contributed by atoms with van der Waals surface area (Å²) in [6, 6.07) is 15.6. The fourth-order valence-corrected chi connectivity index (χ4v) is 2.32. The Labute approximate surface area is 122 Å². The van der Waals surface area contributed by atoms with Gasteiger partial charge in [0.1, 0.15) is 11.7 Å². The van der Waals surface area contributed by atoms with E-state index >= 15 is 0 Å². The highest BCUT2D eigenvalue weighted by atomic mass is 35.5. The lowest BCUT2D eigenvalue weighted by atomic mass is 10.2. The minimum atomic E-state index is 0.0589. The molecule has 5 heteroatoms. The molecule has 1 N–H and O–H groups in total. The first-order chi connectivity index (χ1) is 9.78. The van der Waals surface area contributed by atoms with E-state index in [0.29, 0.717) is 0 Å². The van der Waals surface area contributed by atoms with Crippen LogP contribution in [0.25, 0.3) is 11.0 Å². The fraction of sp³-hybridized carbons (Fsp3) is 0.200. The van der Waals surface area contributed by atoms with Crippen molar-refractivity contribution in [2.75, 3.05) is 5.32 Å². The van der Waals surface area contributed by atoms with Crippen molar-refractivity contribution >= 4 is 28.3 Å². The van der Waals surface area contributed by atoms with E-state index in [1.54, 1.807) is 0 Å². The van der Waals surface area contributed by atoms with Gasteiger partial charge >= 0.3 is 0 Å². The van der Waals surface area contributed by atoms with Gasteiger partial charge in [0, 0.05) is 10.7 Å². The zero-order valence-corrected chi connectivity index (χ0v) is 11.9. The summed E-state index contributed by atoms with van der Waals surface area (Å²) in [5.41, 5.74) is 2.95. The molecule has 0 saturated carbocycles. The molecule has 1 unspecified atom stereocenters. The van der Waals surface area contributed by atoms with Crippen molar-refractivity contribution in [3.63, 3.8) is 0 Å². The van der Waals surface area contributed by atoms with E-state index in [1.807, 2.05) is 53.2 Å². The van der Waals surface area contributed by atoms with E-state index in [4.69, 9.17) is 11.6 Å². The first kappa shape index (κ1) is 12.9. The highest BCUT2D eigenvalue weighted by Crippen LogP contribution is 2.21. The van der Waals surface area contributed by atoms with Crippen LogP contribution in [-0.4, -0.2) is 15.0 Å². The average molecular weight is 287 g/mol. The summed E-state index contributed by atoms with van der Waals surface area (Å²) in [6.07, 6.45) is 0.958. The molecule has 0 aliphatic heterocycles. The summed E-state index contributed by atoms with van der Waals surface area (Å²) < 4.78 is 1.92. The third-order valence-electron chi connectivity index (χ3n) is 3.24. The molecule has 4 nitrogen and oxygen atoms in total. The van der Waals surface area contributed by atoms with Crippen LogP contribution >= 0.6 is 11.6 Å². The Hall–Kier alpha value is -2.07. The molecular weight excluding hydrogens is 272 g/mol. The second kappa shape index (κ2) is 5.51. The Morgan fingerprint density at radius 2 is 1.90 bits per heavy atom. The molecule has 0 spiro atoms. The van der Waals surface area contributed by atoms with Gasteiger partial charge in [0.15, 0.2) is 0 Å². The van der Waals surface area contributed by atoms with E-state index in [0.717, 1.165) is 28.2 Å². The van der Waals surface area contributed by atoms with Gasteiger partial charge in [-0.25, -0.2) is 4.68 Å². The first-order valence-electron chi connectivity index (χ1n) is 6.60. The predicted molar refractivity (Wildman–Crippen MR) is 81.9 cm³/mol. The lowest BCUT2D eigenvalue weighted by Gasteiger charge is -2.19. The molecule has 1 aromatic heterocycles. The van der Waals surface area contributed by atoms with Crippen molar-refractivity contribution in [3.8, 4) is 0 Å². The minimum Gasteiger partial charge on any atom is -0.364 e. The number of nitrogens with zero attached hydrogens (tertiary/aromatic N) is 3. The first-order valence-corrected chi connectivity index (χ1v) is 6.98. The van der Waals surface area contributed by atoms with Gasteiger partial charge in [-0.15, -0.1) is 5.10 Å². The van der Waals surface area contributed by atoms with Gasteiger partial charge in [0.05, 0.1) is 5.52 Å². The number of halogens is 1. The second-order valence-corrected chi connectivity index (χ2v) is 5.03. The van der Waals surface area contributed by atoms with Crippen molar-refractivity contribution in [2.24, 2.45) is 0 Å². The number of fused-ring (bicyclic) bond motifs is 1. The van der Waals surface area contributed by atoms with Crippen LogP contribution in [0.15, 0.2) is 48.5 Å². The van der Waals surface area contributed by atoms with Gasteiger partial charge in [0.2, 0.25) is 0 Å². The van der Waals surface area contributed by atoms with Crippen LogP contribution in [0.3, 0.4) is 0 Å². The molecule has 3 aromatic rings. The minimum absolute atomic E-state index is 0.0589. The Morgan fingerprint density at radius 1 is 1.15 bits per heavy atom. The second-order valence-electron chi connectivity index (χ2n) is 4.60. The number of para-hydroxylation sites is 1. The van der Waals surface area contributed by atoms with Crippen molar-refractivity contribution in [3.05, 3.63) is 53.6 Å². The van der Waals surface area contributed by atoms with Crippen molar-refractivity contribution in [1.29, 1.82) is 0 Å². The number of rotatable bonds is 4. The van der Waals surface area contributed by atoms with Crippen LogP contribution in [0, 0.1) is 0 Å². The highest BCUT2D eigenvalue weighted by Gasteiger charge is 2.13. The van der Waals surface area contributed by atoms with Crippen LogP contribution in [0.4, 0.5) is 5.69 Å². The van der Waals surface area contributed by atoms with Gasteiger partial charge in [-0.3, -0.25) is 0 Å². The van der Waals surface area contributed by atoms with E-state index in [2.05, 4.69) is 22.6 Å². The Bertz CT molecular complexity index is 705. The summed E-state index contributed by atoms with van der Waals surface area (Å²) in [6.45, 7) is 2.12. The van der Waals surface area contributed by atoms with Crippen LogP contribution in [0.2, 0.25) is 5.02 Å². The maximum atomic E-state index is 5.90. The number of aromatic nitrogens is 3. The molecule has 2 aromatic carbocycles. The number of benzene rings is 2. The molecule has 0 saturated heterocycles. The molecule has 3 rings (SSSR count). The lowest BCUT2D eigenvalue weighted by Crippen LogP contribution is -2.18. The average Bonchev–Trinajstić information content (AvgIpc) is 2.91. The molecule has 1 heterocycles. The van der Waals surface area contributed by atoms with E-state index in [-0.39, 0.29) is 6.17 Å². The van der Waals surface area contributed by atoms with Crippen molar-refractivity contribution in [1.82, 2.24) is 15.0 Å². The lowest BCUT2D eigenvalue weighted by molar-refractivity contribution is 0.490. The largest absolute Gasteiger partial charge is 0.364 e. The monoisotopic (exact) mass is 286 g/mol. The zero-order chi connectivity index (χ0) is 13.9. The Balaban J connectivity index is 1.91. The molecule has 0 aliphatic carbocycles. The summed E-state index contributed by atoms with van der Waals surface area (Å²) in [5.74, 6) is 0. The van der Waals surface area contributed by atoms with Gasteiger partial charge in [0.25, 0.3) is 0 Å². The van der Waals surface area contributed by atoms with Gasteiger partial charge in [-0.05, 0) is 42.8 Å². The Morgan fingerprint density at radius 3 is 2.65 bits per heavy atom. The molecule has 1 atom stereocenters. The van der Waals surface area contributed by atoms with Crippen LogP contribution in [0.1, 0.15) is 19.5 Å². The van der Waals surface area contributed by atoms with E-state index in [9.17, 15) is 0 Å². The molecule has 102 valence electrons. The smallest absolute Gasteiger partial charge is 0.122 e. The van der Waals surface area contributed by atoms with E-state index in [1.165, 1.54) is 0 Å². The summed E-state index contributed by atoms with van der Waals surface area (Å²) in [7, 11) is 0. The molecule has 0 amide bonds. The quantitative estimate of drug-likeness (QED) is 0.785. The molecule has 0 radical (unpaired) electrons. The number of hydrogen-bond acceptors (Lipinski definition) is 3. The van der Waals surface area contributed by atoms with Crippen LogP contribution in [0.5, 0.6) is 0 Å². The highest BCUT2D eigenvalue weighted by molar-refractivity contribution is 6.30. The van der Waals surface area contributed by atoms with Crippen LogP contribution < -0.4 is 5.32 Å². The zero-order valence-electron chi connectivity index (χ0n) is 11.1. The standard InChI is InChI=1S/C15H15ClN4/c1-2-15(17-12-9-7-11(16)8-10-12)20-14-6-4-3-5-13(14)18-19-20/h3-10,15,17H,2H2,1H3. The van der Waals surface area contributed by atoms with Crippen molar-refractivity contribution in [2.45, 2.75) is 19.5 Å². The predicted octanol–water partition coefficient (Wildman–Crippen LogP) is 4.11. The molecule has 0 aliphatic rings. The summed E-state index contributed by atoms with van der Waals surface area (Å²) in [4.78, 5) is 0. The van der Waals surface area contributed by atoms with Crippen LogP contribution in [-0.2, 0) is 0 Å². The Kier molecular flexibility index (Phi) is 3.56. The molecule has 0 bridgehead atoms. The normalized spacial score (nSPS) is 12.5. The van der Waals surface area contributed by atoms with E-state index < -0.39 is 0 Å². The summed E-state index contributed by atoms with van der Waals surface area (Å²) in [5, 5.41) is 12.6. The summed E-state index contributed by atoms with van der Waals surface area (Å²) >= 11 is 5.90. The van der Waals surface area contributed by atoms with Gasteiger partial charge in [-0.2, -0.15) is 0 Å².